The van der Waals surface area contributed by atoms with Crippen molar-refractivity contribution in [3.8, 4) is 5.75 Å². The van der Waals surface area contributed by atoms with Crippen molar-refractivity contribution in [2.45, 2.75) is 25.7 Å². The summed E-state index contributed by atoms with van der Waals surface area (Å²) in [5.74, 6) is 0.755. The van der Waals surface area contributed by atoms with Crippen LogP contribution in [0.5, 0.6) is 5.75 Å². The molecule has 0 bridgehead atoms. The predicted octanol–water partition coefficient (Wildman–Crippen LogP) is 5.23. The summed E-state index contributed by atoms with van der Waals surface area (Å²) in [6, 6.07) is 17.7. The van der Waals surface area contributed by atoms with E-state index in [2.05, 4.69) is 15.4 Å². The molecule has 0 radical (unpaired) electrons. The first-order valence-corrected chi connectivity index (χ1v) is 11.5. The first kappa shape index (κ1) is 22.6. The van der Waals surface area contributed by atoms with Crippen LogP contribution in [0.25, 0.3) is 0 Å². The number of benzene rings is 3. The highest BCUT2D eigenvalue weighted by Gasteiger charge is 2.17. The SMILES string of the molecule is COc1ccc(NC(=S)Nc2ccc(S(=O)(=O)Nc3c(C)cc(C)cc3C)cc2)cc1. The average molecular weight is 456 g/mol. The van der Waals surface area contributed by atoms with Crippen molar-refractivity contribution in [3.63, 3.8) is 0 Å². The third-order valence-corrected chi connectivity index (χ3v) is 6.25. The number of aryl methyl sites for hydroxylation is 3. The zero-order valence-electron chi connectivity index (χ0n) is 17.8. The Morgan fingerprint density at radius 2 is 1.32 bits per heavy atom. The van der Waals surface area contributed by atoms with Gasteiger partial charge in [0, 0.05) is 11.4 Å². The Kier molecular flexibility index (Phi) is 6.82. The Morgan fingerprint density at radius 1 is 0.839 bits per heavy atom. The molecular formula is C23H25N3O3S2. The summed E-state index contributed by atoms with van der Waals surface area (Å²) in [4.78, 5) is 0.173. The fourth-order valence-electron chi connectivity index (χ4n) is 3.22. The maximum absolute atomic E-state index is 12.8. The van der Waals surface area contributed by atoms with Crippen LogP contribution >= 0.6 is 12.2 Å². The number of sulfonamides is 1. The van der Waals surface area contributed by atoms with Gasteiger partial charge in [0.1, 0.15) is 5.75 Å². The molecule has 3 N–H and O–H groups in total. The zero-order chi connectivity index (χ0) is 22.6. The molecule has 6 nitrogen and oxygen atoms in total. The highest BCUT2D eigenvalue weighted by Crippen LogP contribution is 2.25. The van der Waals surface area contributed by atoms with Gasteiger partial charge in [-0.3, -0.25) is 4.72 Å². The number of hydrogen-bond acceptors (Lipinski definition) is 4. The number of methoxy groups -OCH3 is 1. The first-order valence-electron chi connectivity index (χ1n) is 9.61. The second-order valence-electron chi connectivity index (χ2n) is 7.21. The van der Waals surface area contributed by atoms with Crippen molar-refractivity contribution in [1.29, 1.82) is 0 Å². The highest BCUT2D eigenvalue weighted by atomic mass is 32.2. The van der Waals surface area contributed by atoms with Gasteiger partial charge in [-0.25, -0.2) is 8.42 Å². The molecule has 3 rings (SSSR count). The molecule has 0 aliphatic heterocycles. The summed E-state index contributed by atoms with van der Waals surface area (Å²) >= 11 is 5.33. The van der Waals surface area contributed by atoms with Crippen LogP contribution < -0.4 is 20.1 Å². The van der Waals surface area contributed by atoms with Crippen LogP contribution in [0.3, 0.4) is 0 Å². The molecule has 0 spiro atoms. The summed E-state index contributed by atoms with van der Waals surface area (Å²) in [6.45, 7) is 5.77. The summed E-state index contributed by atoms with van der Waals surface area (Å²) in [7, 11) is -2.10. The number of thiocarbonyl (C=S) groups is 1. The van der Waals surface area contributed by atoms with E-state index < -0.39 is 10.0 Å². The van der Waals surface area contributed by atoms with Crippen LogP contribution in [0, 0.1) is 20.8 Å². The van der Waals surface area contributed by atoms with Crippen molar-refractivity contribution in [1.82, 2.24) is 0 Å². The number of anilines is 3. The Hall–Kier alpha value is -3.10. The van der Waals surface area contributed by atoms with E-state index >= 15 is 0 Å². The molecule has 0 aliphatic carbocycles. The summed E-state index contributed by atoms with van der Waals surface area (Å²) in [5.41, 5.74) is 4.95. The van der Waals surface area contributed by atoms with E-state index in [0.29, 0.717) is 16.5 Å². The molecule has 0 atom stereocenters. The minimum Gasteiger partial charge on any atom is -0.497 e. The number of nitrogens with one attached hydrogen (secondary N) is 3. The minimum absolute atomic E-state index is 0.173. The normalized spacial score (nSPS) is 11.0. The van der Waals surface area contributed by atoms with Crippen molar-refractivity contribution in [3.05, 3.63) is 77.4 Å². The molecule has 8 heteroatoms. The summed E-state index contributed by atoms with van der Waals surface area (Å²) in [5, 5.41) is 6.51. The van der Waals surface area contributed by atoms with E-state index in [9.17, 15) is 8.42 Å². The average Bonchev–Trinajstić information content (AvgIpc) is 2.71. The van der Waals surface area contributed by atoms with Crippen LogP contribution in [0.2, 0.25) is 0 Å². The van der Waals surface area contributed by atoms with Gasteiger partial charge in [0.05, 0.1) is 17.7 Å². The van der Waals surface area contributed by atoms with Crippen LogP contribution in [0.1, 0.15) is 16.7 Å². The Balaban J connectivity index is 1.68. The maximum Gasteiger partial charge on any atom is 0.261 e. The molecule has 0 saturated heterocycles. The molecule has 0 aliphatic rings. The lowest BCUT2D eigenvalue weighted by atomic mass is 10.1. The molecule has 0 fully saturated rings. The van der Waals surface area contributed by atoms with E-state index in [4.69, 9.17) is 17.0 Å². The van der Waals surface area contributed by atoms with Crippen molar-refractivity contribution in [2.75, 3.05) is 22.5 Å². The molecule has 3 aromatic carbocycles. The van der Waals surface area contributed by atoms with E-state index in [0.717, 1.165) is 28.1 Å². The van der Waals surface area contributed by atoms with E-state index in [1.165, 1.54) is 0 Å². The molecule has 162 valence electrons. The summed E-state index contributed by atoms with van der Waals surface area (Å²) in [6.07, 6.45) is 0. The van der Waals surface area contributed by atoms with Crippen LogP contribution in [0.15, 0.2) is 65.6 Å². The van der Waals surface area contributed by atoms with Crippen LogP contribution in [-0.2, 0) is 10.0 Å². The molecule has 0 heterocycles. The first-order chi connectivity index (χ1) is 14.7. The van der Waals surface area contributed by atoms with E-state index in [1.54, 1.807) is 31.4 Å². The second kappa shape index (κ2) is 9.36. The van der Waals surface area contributed by atoms with Gasteiger partial charge in [-0.2, -0.15) is 0 Å². The van der Waals surface area contributed by atoms with Gasteiger partial charge in [0.25, 0.3) is 10.0 Å². The van der Waals surface area contributed by atoms with Gasteiger partial charge < -0.3 is 15.4 Å². The lowest BCUT2D eigenvalue weighted by molar-refractivity contribution is 0.415. The molecule has 0 aromatic heterocycles. The topological polar surface area (TPSA) is 79.5 Å². The predicted molar refractivity (Wildman–Crippen MR) is 131 cm³/mol. The fraction of sp³-hybridized carbons (Fsp3) is 0.174. The van der Waals surface area contributed by atoms with Gasteiger partial charge in [-0.05, 0) is 92.6 Å². The smallest absolute Gasteiger partial charge is 0.261 e. The Morgan fingerprint density at radius 3 is 1.81 bits per heavy atom. The van der Waals surface area contributed by atoms with Gasteiger partial charge in [0.2, 0.25) is 0 Å². The van der Waals surface area contributed by atoms with Gasteiger partial charge in [-0.15, -0.1) is 0 Å². The Labute approximate surface area is 188 Å². The molecule has 31 heavy (non-hydrogen) atoms. The molecule has 3 aromatic rings. The largest absolute Gasteiger partial charge is 0.497 e. The highest BCUT2D eigenvalue weighted by molar-refractivity contribution is 7.92. The van der Waals surface area contributed by atoms with Crippen molar-refractivity contribution < 1.29 is 13.2 Å². The molecule has 0 saturated carbocycles. The van der Waals surface area contributed by atoms with Crippen molar-refractivity contribution >= 4 is 44.4 Å². The molecule has 0 unspecified atom stereocenters. The van der Waals surface area contributed by atoms with Crippen molar-refractivity contribution in [2.24, 2.45) is 0 Å². The third-order valence-electron chi connectivity index (χ3n) is 4.68. The van der Waals surface area contributed by atoms with E-state index in [-0.39, 0.29) is 4.90 Å². The summed E-state index contributed by atoms with van der Waals surface area (Å²) < 4.78 is 33.5. The van der Waals surface area contributed by atoms with Crippen LogP contribution in [-0.4, -0.2) is 20.6 Å². The second-order valence-corrected chi connectivity index (χ2v) is 9.30. The quantitative estimate of drug-likeness (QED) is 0.442. The molecule has 0 amide bonds. The number of ether oxygens (including phenoxy) is 1. The minimum atomic E-state index is -3.71. The standard InChI is InChI=1S/C23H25N3O3S2/c1-15-13-16(2)22(17(3)14-15)26-31(27,28)21-11-7-19(8-12-21)25-23(30)24-18-5-9-20(29-4)10-6-18/h5-14,26H,1-4H3,(H2,24,25,30). The Bertz CT molecular complexity index is 1170. The van der Waals surface area contributed by atoms with Gasteiger partial charge in [0.15, 0.2) is 5.11 Å². The van der Waals surface area contributed by atoms with Crippen LogP contribution in [0.4, 0.5) is 17.1 Å². The van der Waals surface area contributed by atoms with Gasteiger partial charge in [-0.1, -0.05) is 17.7 Å². The maximum atomic E-state index is 12.8. The number of rotatable bonds is 6. The van der Waals surface area contributed by atoms with E-state index in [1.807, 2.05) is 57.2 Å². The third kappa shape index (κ3) is 5.74. The lowest BCUT2D eigenvalue weighted by Gasteiger charge is -2.15. The zero-order valence-corrected chi connectivity index (χ0v) is 19.4. The molecular weight excluding hydrogens is 430 g/mol. The monoisotopic (exact) mass is 455 g/mol. The lowest BCUT2D eigenvalue weighted by Crippen LogP contribution is -2.19. The van der Waals surface area contributed by atoms with Gasteiger partial charge >= 0.3 is 0 Å². The fourth-order valence-corrected chi connectivity index (χ4v) is 4.66. The number of hydrogen-bond donors (Lipinski definition) is 3.